The van der Waals surface area contributed by atoms with Crippen LogP contribution in [0.4, 0.5) is 0 Å². The third-order valence-electron chi connectivity index (χ3n) is 2.86. The van der Waals surface area contributed by atoms with Crippen molar-refractivity contribution in [2.75, 3.05) is 6.61 Å². The Kier molecular flexibility index (Phi) is 9.83. The molecule has 0 aromatic heterocycles. The highest BCUT2D eigenvalue weighted by Gasteiger charge is 2.35. The lowest BCUT2D eigenvalue weighted by Gasteiger charge is -2.13. The van der Waals surface area contributed by atoms with E-state index in [9.17, 15) is 14.9 Å². The molecule has 5 nitrogen and oxygen atoms in total. The summed E-state index contributed by atoms with van der Waals surface area (Å²) in [5.74, 6) is -0.360. The van der Waals surface area contributed by atoms with Crippen molar-refractivity contribution in [2.24, 2.45) is 0 Å². The highest BCUT2D eigenvalue weighted by Crippen LogP contribution is 2.18. The van der Waals surface area contributed by atoms with Gasteiger partial charge >= 0.3 is 10.4 Å². The minimum atomic E-state index is -1.39. The second-order valence-corrected chi connectivity index (χ2v) is 6.64. The molecule has 0 saturated carbocycles. The molecular weight excluding hydrogens is 314 g/mol. The van der Waals surface area contributed by atoms with Crippen LogP contribution in [0.5, 0.6) is 0 Å². The van der Waals surface area contributed by atoms with E-state index in [1.54, 1.807) is 0 Å². The van der Waals surface area contributed by atoms with Crippen LogP contribution in [0, 0.1) is 10.1 Å². The molecule has 0 aliphatic heterocycles. The van der Waals surface area contributed by atoms with E-state index in [-0.39, 0.29) is 12.6 Å². The standard InChI is InChI=1S/C13H24BrNO4/c1-3-4-5-6-7-8-9-10-12(16)19-11-13(2,14)15(17)18/h3-11H2,1-2H3/t13-/m0/s1. The van der Waals surface area contributed by atoms with Crippen molar-refractivity contribution in [1.82, 2.24) is 0 Å². The molecule has 0 unspecified atom stereocenters. The third kappa shape index (κ3) is 9.87. The predicted molar refractivity (Wildman–Crippen MR) is 77.9 cm³/mol. The SMILES string of the molecule is CCCCCCCCCC(=O)OC[C@@](C)(Br)[N+](=O)[O-]. The van der Waals surface area contributed by atoms with Gasteiger partial charge in [-0.15, -0.1) is 0 Å². The number of hydrogen-bond acceptors (Lipinski definition) is 4. The molecule has 0 fully saturated rings. The van der Waals surface area contributed by atoms with Gasteiger partial charge in [0.2, 0.25) is 0 Å². The molecule has 1 atom stereocenters. The smallest absolute Gasteiger partial charge is 0.306 e. The van der Waals surface area contributed by atoms with Crippen molar-refractivity contribution in [3.8, 4) is 0 Å². The average Bonchev–Trinajstić information content (AvgIpc) is 2.35. The minimum Gasteiger partial charge on any atom is -0.457 e. The molecule has 0 aliphatic rings. The first-order valence-electron chi connectivity index (χ1n) is 6.89. The van der Waals surface area contributed by atoms with Crippen LogP contribution in [0.15, 0.2) is 0 Å². The first-order chi connectivity index (χ1) is 8.90. The lowest BCUT2D eigenvalue weighted by molar-refractivity contribution is -0.533. The fourth-order valence-electron chi connectivity index (χ4n) is 1.56. The van der Waals surface area contributed by atoms with Gasteiger partial charge in [-0.05, 0) is 6.42 Å². The Morgan fingerprint density at radius 3 is 2.26 bits per heavy atom. The summed E-state index contributed by atoms with van der Waals surface area (Å²) in [5, 5.41) is 10.6. The van der Waals surface area contributed by atoms with Gasteiger partial charge in [-0.2, -0.15) is 0 Å². The zero-order valence-electron chi connectivity index (χ0n) is 11.8. The number of unbranched alkanes of at least 4 members (excludes halogenated alkanes) is 6. The molecule has 6 heteroatoms. The van der Waals surface area contributed by atoms with Crippen molar-refractivity contribution in [1.29, 1.82) is 0 Å². The summed E-state index contributed by atoms with van der Waals surface area (Å²) >= 11 is 2.92. The van der Waals surface area contributed by atoms with E-state index in [4.69, 9.17) is 4.74 Å². The fourth-order valence-corrected chi connectivity index (χ4v) is 1.68. The number of halogens is 1. The summed E-state index contributed by atoms with van der Waals surface area (Å²) in [6.45, 7) is 3.31. The van der Waals surface area contributed by atoms with Crippen LogP contribution in [0.3, 0.4) is 0 Å². The fraction of sp³-hybridized carbons (Fsp3) is 0.923. The largest absolute Gasteiger partial charge is 0.457 e. The molecule has 0 radical (unpaired) electrons. The lowest BCUT2D eigenvalue weighted by atomic mass is 10.1. The summed E-state index contributed by atoms with van der Waals surface area (Å²) in [7, 11) is 0. The van der Waals surface area contributed by atoms with Crippen molar-refractivity contribution in [3.05, 3.63) is 10.1 Å². The minimum absolute atomic E-state index is 0.241. The maximum Gasteiger partial charge on any atom is 0.306 e. The Bertz CT molecular complexity index is 282. The Morgan fingerprint density at radius 1 is 1.21 bits per heavy atom. The van der Waals surface area contributed by atoms with Gasteiger partial charge in [-0.25, -0.2) is 0 Å². The Balaban J connectivity index is 3.53. The number of carbonyl (C=O) groups excluding carboxylic acids is 1. The van der Waals surface area contributed by atoms with Gasteiger partial charge in [-0.1, -0.05) is 45.4 Å². The van der Waals surface area contributed by atoms with Gasteiger partial charge in [0.1, 0.15) is 0 Å². The molecule has 0 spiro atoms. The summed E-state index contributed by atoms with van der Waals surface area (Å²) < 4.78 is 3.50. The van der Waals surface area contributed by atoms with Crippen LogP contribution in [0.2, 0.25) is 0 Å². The number of hydrogen-bond donors (Lipinski definition) is 0. The van der Waals surface area contributed by atoms with Crippen molar-refractivity contribution >= 4 is 21.9 Å². The zero-order chi connectivity index (χ0) is 14.7. The molecule has 0 aromatic rings. The molecule has 0 aliphatic carbocycles. The molecule has 0 saturated heterocycles. The van der Waals surface area contributed by atoms with Gasteiger partial charge in [0.05, 0.1) is 0 Å². The van der Waals surface area contributed by atoms with E-state index >= 15 is 0 Å². The molecule has 19 heavy (non-hydrogen) atoms. The summed E-state index contributed by atoms with van der Waals surface area (Å²) in [6.07, 6.45) is 8.26. The van der Waals surface area contributed by atoms with Gasteiger partial charge in [0.25, 0.3) is 0 Å². The number of esters is 1. The summed E-state index contributed by atoms with van der Waals surface area (Å²) in [6, 6.07) is 0. The Morgan fingerprint density at radius 2 is 1.74 bits per heavy atom. The molecule has 0 bridgehead atoms. The van der Waals surface area contributed by atoms with Gasteiger partial charge < -0.3 is 4.74 Å². The highest BCUT2D eigenvalue weighted by atomic mass is 79.9. The van der Waals surface area contributed by atoms with Crippen LogP contribution in [0.1, 0.15) is 65.2 Å². The first kappa shape index (κ1) is 18.4. The number of rotatable bonds is 11. The van der Waals surface area contributed by atoms with E-state index in [2.05, 4.69) is 22.9 Å². The number of ether oxygens (including phenoxy) is 1. The van der Waals surface area contributed by atoms with E-state index in [1.807, 2.05) is 0 Å². The Hall–Kier alpha value is -0.650. The zero-order valence-corrected chi connectivity index (χ0v) is 13.4. The quantitative estimate of drug-likeness (QED) is 0.142. The molecule has 0 rings (SSSR count). The van der Waals surface area contributed by atoms with Crippen LogP contribution in [-0.4, -0.2) is 21.9 Å². The van der Waals surface area contributed by atoms with Gasteiger partial charge in [0.15, 0.2) is 6.61 Å². The topological polar surface area (TPSA) is 69.4 Å². The maximum absolute atomic E-state index is 11.4. The van der Waals surface area contributed by atoms with Crippen LogP contribution in [0.25, 0.3) is 0 Å². The molecule has 0 aromatic carbocycles. The molecule has 0 heterocycles. The molecule has 0 amide bonds. The first-order valence-corrected chi connectivity index (χ1v) is 7.68. The van der Waals surface area contributed by atoms with Crippen molar-refractivity contribution < 1.29 is 14.5 Å². The van der Waals surface area contributed by atoms with Crippen LogP contribution < -0.4 is 0 Å². The normalized spacial score (nSPS) is 13.8. The van der Waals surface area contributed by atoms with Crippen molar-refractivity contribution in [2.45, 2.75) is 69.7 Å². The van der Waals surface area contributed by atoms with Crippen molar-refractivity contribution in [3.63, 3.8) is 0 Å². The van der Waals surface area contributed by atoms with E-state index in [0.717, 1.165) is 19.3 Å². The average molecular weight is 338 g/mol. The summed E-state index contributed by atoms with van der Waals surface area (Å²) in [5.41, 5.74) is 0. The van der Waals surface area contributed by atoms with Crippen LogP contribution >= 0.6 is 15.9 Å². The van der Waals surface area contributed by atoms with E-state index in [0.29, 0.717) is 6.42 Å². The van der Waals surface area contributed by atoms with E-state index in [1.165, 1.54) is 32.6 Å². The summed E-state index contributed by atoms with van der Waals surface area (Å²) in [4.78, 5) is 21.5. The van der Waals surface area contributed by atoms with Gasteiger partial charge in [0, 0.05) is 34.2 Å². The number of nitrogens with zero attached hydrogens (tertiary/aromatic N) is 1. The predicted octanol–water partition coefficient (Wildman–Crippen LogP) is 4.06. The highest BCUT2D eigenvalue weighted by molar-refractivity contribution is 9.10. The molecule has 112 valence electrons. The number of carbonyl (C=O) groups is 1. The Labute approximate surface area is 123 Å². The second kappa shape index (κ2) is 10.2. The lowest BCUT2D eigenvalue weighted by Crippen LogP contribution is -2.33. The maximum atomic E-state index is 11.4. The van der Waals surface area contributed by atoms with Gasteiger partial charge in [-0.3, -0.25) is 14.9 Å². The number of alkyl halides is 1. The molecule has 0 N–H and O–H groups in total. The van der Waals surface area contributed by atoms with Crippen LogP contribution in [-0.2, 0) is 9.53 Å². The second-order valence-electron chi connectivity index (χ2n) is 4.93. The third-order valence-corrected chi connectivity index (χ3v) is 3.38. The molecular formula is C13H24BrNO4. The van der Waals surface area contributed by atoms with E-state index < -0.39 is 9.37 Å². The number of nitro groups is 1. The monoisotopic (exact) mass is 337 g/mol.